The Morgan fingerprint density at radius 2 is 1.38 bits per heavy atom. The fraction of sp³-hybridized carbons (Fsp3) is 0.340. The number of nitrogens with one attached hydrogen (secondary N) is 4. The molecule has 3 aliphatic heterocycles. The van der Waals surface area contributed by atoms with Crippen LogP contribution >= 0.6 is 0 Å². The first-order chi connectivity index (χ1) is 32.3. The van der Waals surface area contributed by atoms with Crippen LogP contribution in [0.1, 0.15) is 73.9 Å². The van der Waals surface area contributed by atoms with Crippen molar-refractivity contribution in [2.45, 2.75) is 62.7 Å². The molecule has 0 spiro atoms. The van der Waals surface area contributed by atoms with Gasteiger partial charge in [0.05, 0.1) is 43.0 Å². The monoisotopic (exact) mass is 889 g/mol. The SMILES string of the molecule is COC(=O)NC(C(=O)N1CCCC1c1nc(-c2ccc3cc(-c4ccc5c(ccc6nc(C7CCCN7C(=O)C(NC(=O)OC)C7CCOCC7)[nH]c65)c4)ccc3c2)c[nH]1)c1cccnc1. The van der Waals surface area contributed by atoms with E-state index in [1.165, 1.54) is 14.2 Å². The van der Waals surface area contributed by atoms with E-state index in [0.717, 1.165) is 86.5 Å². The van der Waals surface area contributed by atoms with E-state index < -0.39 is 24.3 Å². The van der Waals surface area contributed by atoms with E-state index in [4.69, 9.17) is 24.2 Å². The lowest BCUT2D eigenvalue weighted by atomic mass is 9.90. The number of methoxy groups -OCH3 is 2. The number of hydrogen-bond donors (Lipinski definition) is 4. The van der Waals surface area contributed by atoms with Gasteiger partial charge >= 0.3 is 12.2 Å². The first kappa shape index (κ1) is 42.6. The number of hydrogen-bond acceptors (Lipinski definition) is 10. The highest BCUT2D eigenvalue weighted by Crippen LogP contribution is 2.38. The molecule has 338 valence electrons. The largest absolute Gasteiger partial charge is 0.453 e. The number of carbonyl (C=O) groups is 4. The van der Waals surface area contributed by atoms with Crippen LogP contribution in [0.4, 0.5) is 9.59 Å². The minimum Gasteiger partial charge on any atom is -0.453 e. The summed E-state index contributed by atoms with van der Waals surface area (Å²) in [5, 5.41) is 9.78. The Bertz CT molecular complexity index is 2950. The second kappa shape index (κ2) is 18.3. The fourth-order valence-corrected chi connectivity index (χ4v) is 10.0. The Morgan fingerprint density at radius 3 is 2.11 bits per heavy atom. The molecule has 3 fully saturated rings. The summed E-state index contributed by atoms with van der Waals surface area (Å²) in [6.45, 7) is 2.23. The third kappa shape index (κ3) is 8.28. The number of aromatic amines is 2. The number of alkyl carbamates (subject to hydrolysis) is 2. The van der Waals surface area contributed by atoms with Crippen LogP contribution in [0.2, 0.25) is 0 Å². The highest BCUT2D eigenvalue weighted by atomic mass is 16.5. The summed E-state index contributed by atoms with van der Waals surface area (Å²) in [7, 11) is 2.58. The van der Waals surface area contributed by atoms with Gasteiger partial charge in [0.1, 0.15) is 23.7 Å². The zero-order chi connectivity index (χ0) is 45.3. The number of benzene rings is 4. The summed E-state index contributed by atoms with van der Waals surface area (Å²) < 4.78 is 15.3. The molecule has 3 saturated heterocycles. The van der Waals surface area contributed by atoms with Crippen molar-refractivity contribution in [1.29, 1.82) is 0 Å². The molecule has 0 aliphatic carbocycles. The van der Waals surface area contributed by atoms with E-state index in [1.54, 1.807) is 29.4 Å². The molecule has 10 rings (SSSR count). The van der Waals surface area contributed by atoms with Crippen molar-refractivity contribution >= 4 is 56.6 Å². The average molecular weight is 890 g/mol. The molecule has 16 heteroatoms. The summed E-state index contributed by atoms with van der Waals surface area (Å²) in [5.41, 5.74) is 6.21. The number of amides is 4. The summed E-state index contributed by atoms with van der Waals surface area (Å²) in [6.07, 6.45) is 8.28. The van der Waals surface area contributed by atoms with Gasteiger partial charge in [-0.1, -0.05) is 48.5 Å². The minimum absolute atomic E-state index is 0.0372. The Hall–Kier alpha value is -7.33. The fourth-order valence-electron chi connectivity index (χ4n) is 10.0. The first-order valence-electron chi connectivity index (χ1n) is 22.6. The van der Waals surface area contributed by atoms with Crippen LogP contribution in [0, 0.1) is 5.92 Å². The van der Waals surface area contributed by atoms with Crippen LogP contribution in [-0.2, 0) is 23.8 Å². The van der Waals surface area contributed by atoms with Gasteiger partial charge in [-0.15, -0.1) is 0 Å². The Labute approximate surface area is 380 Å². The van der Waals surface area contributed by atoms with Gasteiger partial charge in [-0.2, -0.15) is 0 Å². The van der Waals surface area contributed by atoms with E-state index in [2.05, 4.69) is 86.2 Å². The van der Waals surface area contributed by atoms with Crippen molar-refractivity contribution in [1.82, 2.24) is 45.4 Å². The topological polar surface area (TPSA) is 197 Å². The standard InChI is InChI=1S/C50H51N9O7/c1-64-49(62)56-42(29-17-22-66-23-18-29)47(60)59-21-5-8-41(59)46-53-38-16-14-34-25-33(13-15-37(34)44(38)55-46)30-9-10-32-26-35(12-11-31(32)24-30)39-28-52-45(54-39)40-7-4-20-58(40)48(61)43(57-50(63)65-2)36-6-3-19-51-27-36/h3,6,9-16,19,24-29,40-43H,4-5,7-8,17-18,20-23H2,1-2H3,(H,52,54)(H,53,55)(H,56,62)(H,57,63). The normalized spacial score (nSPS) is 18.7. The van der Waals surface area contributed by atoms with Crippen LogP contribution in [0.15, 0.2) is 97.5 Å². The summed E-state index contributed by atoms with van der Waals surface area (Å²) >= 11 is 0. The molecule has 4 N–H and O–H groups in total. The minimum atomic E-state index is -0.948. The maximum absolute atomic E-state index is 14.1. The zero-order valence-electron chi connectivity index (χ0n) is 36.8. The quantitative estimate of drug-likeness (QED) is 0.105. The van der Waals surface area contributed by atoms with Crippen molar-refractivity contribution in [3.63, 3.8) is 0 Å². The second-order valence-electron chi connectivity index (χ2n) is 17.3. The van der Waals surface area contributed by atoms with Crippen LogP contribution < -0.4 is 10.6 Å². The van der Waals surface area contributed by atoms with Gasteiger partial charge in [-0.05, 0) is 102 Å². The molecule has 6 heterocycles. The van der Waals surface area contributed by atoms with Crippen molar-refractivity contribution in [2.24, 2.45) is 5.92 Å². The molecule has 0 radical (unpaired) electrons. The van der Waals surface area contributed by atoms with E-state index in [0.29, 0.717) is 50.5 Å². The van der Waals surface area contributed by atoms with E-state index in [9.17, 15) is 19.2 Å². The smallest absolute Gasteiger partial charge is 0.407 e. The lowest BCUT2D eigenvalue weighted by Crippen LogP contribution is -2.53. The molecule has 3 aliphatic rings. The zero-order valence-corrected chi connectivity index (χ0v) is 36.8. The van der Waals surface area contributed by atoms with E-state index in [-0.39, 0.29) is 29.8 Å². The Balaban J connectivity index is 0.858. The molecule has 16 nitrogen and oxygen atoms in total. The third-order valence-electron chi connectivity index (χ3n) is 13.4. The van der Waals surface area contributed by atoms with E-state index >= 15 is 0 Å². The molecule has 3 aromatic heterocycles. The van der Waals surface area contributed by atoms with Gasteiger partial charge in [0, 0.05) is 61.4 Å². The van der Waals surface area contributed by atoms with Crippen LogP contribution in [0.3, 0.4) is 0 Å². The highest BCUT2D eigenvalue weighted by Gasteiger charge is 2.41. The van der Waals surface area contributed by atoms with Crippen LogP contribution in [-0.4, -0.2) is 105 Å². The van der Waals surface area contributed by atoms with Gasteiger partial charge in [0.25, 0.3) is 5.91 Å². The van der Waals surface area contributed by atoms with Crippen molar-refractivity contribution in [2.75, 3.05) is 40.5 Å². The van der Waals surface area contributed by atoms with Gasteiger partial charge < -0.3 is 44.6 Å². The first-order valence-corrected chi connectivity index (χ1v) is 22.6. The lowest BCUT2D eigenvalue weighted by molar-refractivity contribution is -0.137. The molecule has 66 heavy (non-hydrogen) atoms. The Morgan fingerprint density at radius 1 is 0.727 bits per heavy atom. The number of aromatic nitrogens is 5. The number of imidazole rings is 2. The summed E-state index contributed by atoms with van der Waals surface area (Å²) in [4.78, 5) is 77.5. The van der Waals surface area contributed by atoms with Gasteiger partial charge in [0.2, 0.25) is 5.91 Å². The molecule has 0 bridgehead atoms. The number of H-pyrrole nitrogens is 2. The molecular weight excluding hydrogens is 839 g/mol. The second-order valence-corrected chi connectivity index (χ2v) is 17.3. The molecule has 4 amide bonds. The van der Waals surface area contributed by atoms with Gasteiger partial charge in [-0.3, -0.25) is 14.6 Å². The van der Waals surface area contributed by atoms with Crippen molar-refractivity contribution in [3.05, 3.63) is 115 Å². The number of nitrogens with zero attached hydrogens (tertiary/aromatic N) is 5. The highest BCUT2D eigenvalue weighted by molar-refractivity contribution is 6.06. The molecule has 7 aromatic rings. The number of fused-ring (bicyclic) bond motifs is 4. The van der Waals surface area contributed by atoms with E-state index in [1.807, 2.05) is 17.2 Å². The number of ether oxygens (including phenoxy) is 3. The predicted octanol–water partition coefficient (Wildman–Crippen LogP) is 7.90. The Kier molecular flexibility index (Phi) is 11.8. The molecule has 4 atom stereocenters. The number of likely N-dealkylation sites (tertiary alicyclic amines) is 2. The summed E-state index contributed by atoms with van der Waals surface area (Å²) in [6, 6.07) is 24.7. The van der Waals surface area contributed by atoms with Crippen molar-refractivity contribution in [3.8, 4) is 22.4 Å². The number of pyridine rings is 1. The van der Waals surface area contributed by atoms with Crippen LogP contribution in [0.25, 0.3) is 55.0 Å². The lowest BCUT2D eigenvalue weighted by Gasteiger charge is -2.34. The van der Waals surface area contributed by atoms with Gasteiger partial charge in [0.15, 0.2) is 0 Å². The van der Waals surface area contributed by atoms with Crippen LogP contribution in [0.5, 0.6) is 0 Å². The predicted molar refractivity (Wildman–Crippen MR) is 247 cm³/mol. The molecule has 4 aromatic carbocycles. The molecule has 0 saturated carbocycles. The number of carbonyl (C=O) groups excluding carboxylic acids is 4. The number of rotatable bonds is 10. The average Bonchev–Trinajstić information content (AvgIpc) is 4.21. The molecular formula is C50H51N9O7. The van der Waals surface area contributed by atoms with Crippen molar-refractivity contribution < 1.29 is 33.4 Å². The maximum Gasteiger partial charge on any atom is 0.407 e. The molecule has 4 unspecified atom stereocenters. The third-order valence-corrected chi connectivity index (χ3v) is 13.4. The van der Waals surface area contributed by atoms with Gasteiger partial charge in [-0.25, -0.2) is 19.6 Å². The maximum atomic E-state index is 14.1. The summed E-state index contributed by atoms with van der Waals surface area (Å²) in [5.74, 6) is 1.03.